The van der Waals surface area contributed by atoms with Crippen LogP contribution in [0.15, 0.2) is 0 Å². The molecule has 0 spiro atoms. The first-order chi connectivity index (χ1) is 7.61. The minimum atomic E-state index is -0.106. The fourth-order valence-electron chi connectivity index (χ4n) is 2.16. The molecule has 2 atom stereocenters. The number of nitrogens with one attached hydrogen (secondary N) is 2. The molecule has 2 unspecified atom stereocenters. The van der Waals surface area contributed by atoms with Crippen molar-refractivity contribution < 1.29 is 9.59 Å². The quantitative estimate of drug-likeness (QED) is 0.671. The van der Waals surface area contributed by atoms with E-state index in [1.54, 1.807) is 11.9 Å². The lowest BCUT2D eigenvalue weighted by atomic mass is 9.88. The molecular weight excluding hydrogens is 206 g/mol. The Morgan fingerprint density at radius 1 is 1.56 bits per heavy atom. The zero-order chi connectivity index (χ0) is 12.1. The van der Waals surface area contributed by atoms with Crippen molar-refractivity contribution in [1.82, 2.24) is 15.5 Å². The molecule has 92 valence electrons. The van der Waals surface area contributed by atoms with Gasteiger partial charge in [-0.25, -0.2) is 4.79 Å². The number of hydrogen-bond acceptors (Lipinski definition) is 3. The normalized spacial score (nSPS) is 23.0. The summed E-state index contributed by atoms with van der Waals surface area (Å²) in [4.78, 5) is 24.6. The van der Waals surface area contributed by atoms with Gasteiger partial charge in [-0.15, -0.1) is 0 Å². The van der Waals surface area contributed by atoms with E-state index >= 15 is 0 Å². The van der Waals surface area contributed by atoms with Gasteiger partial charge in [0.15, 0.2) is 0 Å². The molecule has 0 aromatic heterocycles. The van der Waals surface area contributed by atoms with Crippen molar-refractivity contribution in [3.8, 4) is 0 Å². The predicted molar refractivity (Wildman–Crippen MR) is 62.2 cm³/mol. The van der Waals surface area contributed by atoms with Crippen LogP contribution >= 0.6 is 0 Å². The van der Waals surface area contributed by atoms with E-state index in [4.69, 9.17) is 0 Å². The lowest BCUT2D eigenvalue weighted by Gasteiger charge is -2.39. The van der Waals surface area contributed by atoms with Gasteiger partial charge in [-0.1, -0.05) is 13.8 Å². The first-order valence-electron chi connectivity index (χ1n) is 5.76. The second kappa shape index (κ2) is 5.84. The maximum Gasteiger partial charge on any atom is 0.317 e. The number of urea groups is 1. The monoisotopic (exact) mass is 227 g/mol. The van der Waals surface area contributed by atoms with Crippen LogP contribution in [0, 0.1) is 11.8 Å². The van der Waals surface area contributed by atoms with Gasteiger partial charge in [0.25, 0.3) is 0 Å². The van der Waals surface area contributed by atoms with Gasteiger partial charge in [-0.05, 0) is 5.92 Å². The van der Waals surface area contributed by atoms with Gasteiger partial charge in [-0.3, -0.25) is 0 Å². The molecule has 0 aliphatic carbocycles. The van der Waals surface area contributed by atoms with Crippen molar-refractivity contribution in [1.29, 1.82) is 0 Å². The Kier molecular flexibility index (Phi) is 4.73. The van der Waals surface area contributed by atoms with Crippen LogP contribution in [0.4, 0.5) is 4.79 Å². The number of piperazine rings is 1. The fourth-order valence-corrected chi connectivity index (χ4v) is 2.16. The van der Waals surface area contributed by atoms with Crippen LogP contribution in [-0.2, 0) is 4.79 Å². The zero-order valence-electron chi connectivity index (χ0n) is 10.2. The van der Waals surface area contributed by atoms with Gasteiger partial charge in [0.1, 0.15) is 6.29 Å². The highest BCUT2D eigenvalue weighted by Gasteiger charge is 2.33. The third kappa shape index (κ3) is 2.72. The van der Waals surface area contributed by atoms with E-state index in [0.29, 0.717) is 13.1 Å². The highest BCUT2D eigenvalue weighted by Crippen LogP contribution is 2.19. The van der Waals surface area contributed by atoms with Crippen LogP contribution in [0.1, 0.15) is 13.8 Å². The number of carbonyl (C=O) groups is 2. The maximum absolute atomic E-state index is 11.7. The van der Waals surface area contributed by atoms with Gasteiger partial charge in [0, 0.05) is 32.6 Å². The van der Waals surface area contributed by atoms with Gasteiger partial charge >= 0.3 is 6.03 Å². The third-order valence-electron chi connectivity index (χ3n) is 3.13. The van der Waals surface area contributed by atoms with Gasteiger partial charge < -0.3 is 20.3 Å². The van der Waals surface area contributed by atoms with Crippen LogP contribution in [0.25, 0.3) is 0 Å². The molecule has 16 heavy (non-hydrogen) atoms. The van der Waals surface area contributed by atoms with Crippen molar-refractivity contribution in [3.63, 3.8) is 0 Å². The van der Waals surface area contributed by atoms with E-state index in [0.717, 1.165) is 12.8 Å². The topological polar surface area (TPSA) is 61.4 Å². The third-order valence-corrected chi connectivity index (χ3v) is 3.13. The Hall–Kier alpha value is -1.10. The second-order valence-electron chi connectivity index (χ2n) is 4.48. The van der Waals surface area contributed by atoms with Gasteiger partial charge in [0.05, 0.1) is 6.04 Å². The number of hydrogen-bond donors (Lipinski definition) is 2. The van der Waals surface area contributed by atoms with Crippen molar-refractivity contribution in [3.05, 3.63) is 0 Å². The highest BCUT2D eigenvalue weighted by molar-refractivity contribution is 5.75. The highest BCUT2D eigenvalue weighted by atomic mass is 16.2. The van der Waals surface area contributed by atoms with Crippen LogP contribution < -0.4 is 10.6 Å². The zero-order valence-corrected chi connectivity index (χ0v) is 10.2. The summed E-state index contributed by atoms with van der Waals surface area (Å²) in [6.07, 6.45) is 0.971. The second-order valence-corrected chi connectivity index (χ2v) is 4.48. The lowest BCUT2D eigenvalue weighted by Crippen LogP contribution is -2.59. The van der Waals surface area contributed by atoms with Crippen LogP contribution in [0.2, 0.25) is 0 Å². The Bertz CT molecular complexity index is 256. The van der Waals surface area contributed by atoms with Crippen molar-refractivity contribution in [2.45, 2.75) is 19.9 Å². The molecule has 0 aromatic carbocycles. The number of rotatable bonds is 3. The van der Waals surface area contributed by atoms with E-state index in [2.05, 4.69) is 10.6 Å². The first kappa shape index (κ1) is 13.0. The molecule has 2 N–H and O–H groups in total. The molecule has 2 amide bonds. The molecule has 1 rings (SSSR count). The largest absolute Gasteiger partial charge is 0.341 e. The van der Waals surface area contributed by atoms with E-state index in [1.165, 1.54) is 0 Å². The van der Waals surface area contributed by atoms with Gasteiger partial charge in [0.2, 0.25) is 0 Å². The SMILES string of the molecule is CNC(=O)N1CCNCC1C(C=O)C(C)C. The minimum Gasteiger partial charge on any atom is -0.341 e. The van der Waals surface area contributed by atoms with E-state index in [9.17, 15) is 9.59 Å². The summed E-state index contributed by atoms with van der Waals surface area (Å²) >= 11 is 0. The maximum atomic E-state index is 11.7. The summed E-state index contributed by atoms with van der Waals surface area (Å²) in [7, 11) is 1.62. The number of carbonyl (C=O) groups excluding carboxylic acids is 2. The Morgan fingerprint density at radius 2 is 2.25 bits per heavy atom. The Morgan fingerprint density at radius 3 is 2.75 bits per heavy atom. The van der Waals surface area contributed by atoms with E-state index in [-0.39, 0.29) is 23.9 Å². The molecule has 1 aliphatic heterocycles. The standard InChI is InChI=1S/C11H21N3O2/c1-8(2)9(7-15)10-6-13-4-5-14(10)11(16)12-3/h7-10,13H,4-6H2,1-3H3,(H,12,16). The molecule has 0 radical (unpaired) electrons. The molecule has 1 saturated heterocycles. The summed E-state index contributed by atoms with van der Waals surface area (Å²) in [5, 5.41) is 5.86. The van der Waals surface area contributed by atoms with Crippen LogP contribution in [0.3, 0.4) is 0 Å². The number of aldehydes is 1. The minimum absolute atomic E-state index is 0.0359. The number of amides is 2. The first-order valence-corrected chi connectivity index (χ1v) is 5.76. The average molecular weight is 227 g/mol. The number of nitrogens with zero attached hydrogens (tertiary/aromatic N) is 1. The summed E-state index contributed by atoms with van der Waals surface area (Å²) in [6, 6.07) is -0.134. The molecule has 5 heteroatoms. The van der Waals surface area contributed by atoms with Gasteiger partial charge in [-0.2, -0.15) is 0 Å². The van der Waals surface area contributed by atoms with Crippen molar-refractivity contribution in [2.75, 3.05) is 26.7 Å². The molecule has 1 heterocycles. The summed E-state index contributed by atoms with van der Waals surface area (Å²) < 4.78 is 0. The van der Waals surface area contributed by atoms with Crippen molar-refractivity contribution >= 4 is 12.3 Å². The lowest BCUT2D eigenvalue weighted by molar-refractivity contribution is -0.114. The molecule has 5 nitrogen and oxygen atoms in total. The van der Waals surface area contributed by atoms with Crippen molar-refractivity contribution in [2.24, 2.45) is 11.8 Å². The summed E-state index contributed by atoms with van der Waals surface area (Å²) in [5.41, 5.74) is 0. The van der Waals surface area contributed by atoms with E-state index in [1.807, 2.05) is 13.8 Å². The molecule has 0 aromatic rings. The van der Waals surface area contributed by atoms with E-state index < -0.39 is 0 Å². The van der Waals surface area contributed by atoms with Crippen LogP contribution in [0.5, 0.6) is 0 Å². The summed E-state index contributed by atoms with van der Waals surface area (Å²) in [6.45, 7) is 6.15. The molecule has 1 aliphatic rings. The predicted octanol–water partition coefficient (Wildman–Crippen LogP) is 0.0707. The molecular formula is C11H21N3O2. The Labute approximate surface area is 96.6 Å². The molecule has 0 bridgehead atoms. The van der Waals surface area contributed by atoms with Crippen LogP contribution in [-0.4, -0.2) is 49.9 Å². The Balaban J connectivity index is 2.79. The fraction of sp³-hybridized carbons (Fsp3) is 0.818. The molecule has 1 fully saturated rings. The smallest absolute Gasteiger partial charge is 0.317 e. The molecule has 0 saturated carbocycles. The summed E-state index contributed by atoms with van der Waals surface area (Å²) in [5.74, 6) is 0.139. The average Bonchev–Trinajstić information content (AvgIpc) is 2.29.